The molecule has 1 fully saturated rings. The number of nitrogens with one attached hydrogen (secondary N) is 2. The van der Waals surface area contributed by atoms with Gasteiger partial charge in [0, 0.05) is 31.7 Å². The second-order valence-corrected chi connectivity index (χ2v) is 5.40. The molecule has 0 saturated carbocycles. The largest absolute Gasteiger partial charge is 0.353 e. The van der Waals surface area contributed by atoms with E-state index in [0.717, 1.165) is 30.5 Å². The van der Waals surface area contributed by atoms with E-state index in [1.54, 1.807) is 0 Å². The van der Waals surface area contributed by atoms with Gasteiger partial charge in [0.15, 0.2) is 0 Å². The Kier molecular flexibility index (Phi) is 5.20. The summed E-state index contributed by atoms with van der Waals surface area (Å²) in [7, 11) is 0. The highest BCUT2D eigenvalue weighted by molar-refractivity contribution is 5.90. The van der Waals surface area contributed by atoms with E-state index in [4.69, 9.17) is 0 Å². The highest BCUT2D eigenvalue weighted by atomic mass is 16.2. The molecule has 5 heteroatoms. The smallest absolute Gasteiger partial charge is 0.321 e. The fourth-order valence-corrected chi connectivity index (χ4v) is 2.66. The van der Waals surface area contributed by atoms with Crippen LogP contribution in [-0.2, 0) is 11.2 Å². The van der Waals surface area contributed by atoms with Crippen LogP contribution in [0.15, 0.2) is 24.3 Å². The lowest BCUT2D eigenvalue weighted by molar-refractivity contribution is -0.119. The van der Waals surface area contributed by atoms with Crippen LogP contribution in [0.2, 0.25) is 0 Å². The molecule has 0 unspecified atom stereocenters. The maximum Gasteiger partial charge on any atom is 0.321 e. The maximum absolute atomic E-state index is 12.3. The van der Waals surface area contributed by atoms with Gasteiger partial charge in [0.2, 0.25) is 5.91 Å². The van der Waals surface area contributed by atoms with Gasteiger partial charge >= 0.3 is 6.03 Å². The van der Waals surface area contributed by atoms with Gasteiger partial charge in [-0.05, 0) is 30.9 Å². The van der Waals surface area contributed by atoms with E-state index in [1.165, 1.54) is 6.92 Å². The number of carbonyl (C=O) groups is 2. The minimum Gasteiger partial charge on any atom is -0.353 e. The summed E-state index contributed by atoms with van der Waals surface area (Å²) in [5, 5.41) is 5.90. The van der Waals surface area contributed by atoms with Crippen LogP contribution < -0.4 is 10.6 Å². The van der Waals surface area contributed by atoms with Crippen molar-refractivity contribution >= 4 is 17.6 Å². The number of urea groups is 1. The van der Waals surface area contributed by atoms with Crippen molar-refractivity contribution in [2.24, 2.45) is 0 Å². The molecule has 0 radical (unpaired) electrons. The number of para-hydroxylation sites is 1. The van der Waals surface area contributed by atoms with Gasteiger partial charge in [-0.3, -0.25) is 4.79 Å². The highest BCUT2D eigenvalue weighted by Crippen LogP contribution is 2.17. The number of nitrogens with zero attached hydrogens (tertiary/aromatic N) is 1. The molecule has 1 aliphatic rings. The average molecular weight is 289 g/mol. The second-order valence-electron chi connectivity index (χ2n) is 5.40. The zero-order chi connectivity index (χ0) is 15.2. The molecule has 21 heavy (non-hydrogen) atoms. The Balaban J connectivity index is 1.89. The Morgan fingerprint density at radius 1 is 1.24 bits per heavy atom. The molecule has 0 bridgehead atoms. The molecular weight excluding hydrogens is 266 g/mol. The number of hydrogen-bond acceptors (Lipinski definition) is 2. The van der Waals surface area contributed by atoms with E-state index < -0.39 is 0 Å². The molecule has 2 rings (SSSR count). The number of anilines is 1. The predicted octanol–water partition coefficient (Wildman–Crippen LogP) is 2.38. The third kappa shape index (κ3) is 4.21. The monoisotopic (exact) mass is 289 g/mol. The maximum atomic E-state index is 12.3. The normalized spacial score (nSPS) is 15.6. The van der Waals surface area contributed by atoms with Crippen molar-refractivity contribution in [1.29, 1.82) is 0 Å². The van der Waals surface area contributed by atoms with Crippen molar-refractivity contribution in [3.05, 3.63) is 29.8 Å². The van der Waals surface area contributed by atoms with Crippen LogP contribution in [0.4, 0.5) is 10.5 Å². The molecular formula is C16H23N3O2. The number of benzene rings is 1. The number of piperidine rings is 1. The fourth-order valence-electron chi connectivity index (χ4n) is 2.66. The van der Waals surface area contributed by atoms with Crippen LogP contribution in [0, 0.1) is 0 Å². The van der Waals surface area contributed by atoms with E-state index >= 15 is 0 Å². The molecule has 0 aliphatic carbocycles. The number of amides is 3. The molecule has 3 amide bonds. The first-order valence-corrected chi connectivity index (χ1v) is 7.51. The van der Waals surface area contributed by atoms with Crippen LogP contribution in [0.3, 0.4) is 0 Å². The van der Waals surface area contributed by atoms with Gasteiger partial charge in [-0.1, -0.05) is 25.1 Å². The van der Waals surface area contributed by atoms with Crippen molar-refractivity contribution in [2.75, 3.05) is 18.4 Å². The molecule has 2 N–H and O–H groups in total. The van der Waals surface area contributed by atoms with Crippen LogP contribution in [0.5, 0.6) is 0 Å². The van der Waals surface area contributed by atoms with Crippen LogP contribution >= 0.6 is 0 Å². The van der Waals surface area contributed by atoms with Crippen molar-refractivity contribution < 1.29 is 9.59 Å². The van der Waals surface area contributed by atoms with E-state index in [9.17, 15) is 9.59 Å². The lowest BCUT2D eigenvalue weighted by atomic mass is 10.1. The van der Waals surface area contributed by atoms with Gasteiger partial charge in [0.05, 0.1) is 0 Å². The number of hydrogen-bond donors (Lipinski definition) is 2. The Morgan fingerprint density at radius 3 is 2.52 bits per heavy atom. The van der Waals surface area contributed by atoms with Crippen molar-refractivity contribution in [3.63, 3.8) is 0 Å². The summed E-state index contributed by atoms with van der Waals surface area (Å²) in [5.41, 5.74) is 2.02. The summed E-state index contributed by atoms with van der Waals surface area (Å²) in [6.07, 6.45) is 2.51. The molecule has 1 aliphatic heterocycles. The summed E-state index contributed by atoms with van der Waals surface area (Å²) in [6, 6.07) is 8.00. The molecule has 0 spiro atoms. The first-order chi connectivity index (χ1) is 10.1. The third-order valence-electron chi connectivity index (χ3n) is 3.83. The van der Waals surface area contributed by atoms with E-state index in [0.29, 0.717) is 13.1 Å². The van der Waals surface area contributed by atoms with Gasteiger partial charge < -0.3 is 15.5 Å². The average Bonchev–Trinajstić information content (AvgIpc) is 2.48. The first kappa shape index (κ1) is 15.4. The minimum absolute atomic E-state index is 0.00484. The van der Waals surface area contributed by atoms with Gasteiger partial charge in [-0.2, -0.15) is 0 Å². The van der Waals surface area contributed by atoms with Crippen LogP contribution in [0.25, 0.3) is 0 Å². The molecule has 5 nitrogen and oxygen atoms in total. The SMILES string of the molecule is CCc1ccccc1NC(=O)N1CCC(NC(C)=O)CC1. The summed E-state index contributed by atoms with van der Waals surface area (Å²) >= 11 is 0. The summed E-state index contributed by atoms with van der Waals surface area (Å²) in [6.45, 7) is 4.95. The second kappa shape index (κ2) is 7.11. The van der Waals surface area contributed by atoms with Gasteiger partial charge in [-0.25, -0.2) is 4.79 Å². The molecule has 1 heterocycles. The Morgan fingerprint density at radius 2 is 1.90 bits per heavy atom. The van der Waals surface area contributed by atoms with Crippen LogP contribution in [-0.4, -0.2) is 36.0 Å². The molecule has 1 saturated heterocycles. The van der Waals surface area contributed by atoms with Crippen molar-refractivity contribution in [3.8, 4) is 0 Å². The van der Waals surface area contributed by atoms with E-state index in [2.05, 4.69) is 17.6 Å². The molecule has 1 aromatic carbocycles. The molecule has 114 valence electrons. The summed E-state index contributed by atoms with van der Waals surface area (Å²) in [5.74, 6) is -0.00484. The standard InChI is InChI=1S/C16H23N3O2/c1-3-13-6-4-5-7-15(13)18-16(21)19-10-8-14(9-11-19)17-12(2)20/h4-7,14H,3,8-11H2,1-2H3,(H,17,20)(H,18,21). The number of carbonyl (C=O) groups excluding carboxylic acids is 2. The van der Waals surface area contributed by atoms with Gasteiger partial charge in [0.1, 0.15) is 0 Å². The number of rotatable bonds is 3. The lowest BCUT2D eigenvalue weighted by Crippen LogP contribution is -2.47. The number of likely N-dealkylation sites (tertiary alicyclic amines) is 1. The topological polar surface area (TPSA) is 61.4 Å². The van der Waals surface area contributed by atoms with E-state index in [1.807, 2.05) is 29.2 Å². The van der Waals surface area contributed by atoms with Gasteiger partial charge in [0.25, 0.3) is 0 Å². The Hall–Kier alpha value is -2.04. The van der Waals surface area contributed by atoms with Crippen LogP contribution in [0.1, 0.15) is 32.3 Å². The lowest BCUT2D eigenvalue weighted by Gasteiger charge is -2.32. The fraction of sp³-hybridized carbons (Fsp3) is 0.500. The quantitative estimate of drug-likeness (QED) is 0.897. The molecule has 1 aromatic rings. The van der Waals surface area contributed by atoms with Crippen molar-refractivity contribution in [2.45, 2.75) is 39.2 Å². The zero-order valence-electron chi connectivity index (χ0n) is 12.7. The van der Waals surface area contributed by atoms with E-state index in [-0.39, 0.29) is 18.0 Å². The molecule has 0 aromatic heterocycles. The number of aryl methyl sites for hydroxylation is 1. The Bertz CT molecular complexity index is 508. The minimum atomic E-state index is -0.0582. The van der Waals surface area contributed by atoms with Gasteiger partial charge in [-0.15, -0.1) is 0 Å². The Labute approximate surface area is 125 Å². The zero-order valence-corrected chi connectivity index (χ0v) is 12.7. The summed E-state index contributed by atoms with van der Waals surface area (Å²) in [4.78, 5) is 25.1. The summed E-state index contributed by atoms with van der Waals surface area (Å²) < 4.78 is 0. The van der Waals surface area contributed by atoms with Crippen molar-refractivity contribution in [1.82, 2.24) is 10.2 Å². The highest BCUT2D eigenvalue weighted by Gasteiger charge is 2.23. The third-order valence-corrected chi connectivity index (χ3v) is 3.83. The molecule has 0 atom stereocenters. The first-order valence-electron chi connectivity index (χ1n) is 7.51. The predicted molar refractivity (Wildman–Crippen MR) is 83.3 cm³/mol.